The van der Waals surface area contributed by atoms with Gasteiger partial charge in [0.1, 0.15) is 6.61 Å². The predicted molar refractivity (Wildman–Crippen MR) is 198 cm³/mol. The van der Waals surface area contributed by atoms with E-state index in [9.17, 15) is 14.2 Å². The summed E-state index contributed by atoms with van der Waals surface area (Å²) in [4.78, 5) is 42.7. The summed E-state index contributed by atoms with van der Waals surface area (Å²) in [5.74, 6) is -0.913. The van der Waals surface area contributed by atoms with E-state index < -0.39 is 32.5 Å². The van der Waals surface area contributed by atoms with Gasteiger partial charge in [-0.25, -0.2) is 4.57 Å². The van der Waals surface area contributed by atoms with Gasteiger partial charge in [-0.05, 0) is 51.4 Å². The number of rotatable bonds is 34. The average molecular weight is 697 g/mol. The molecule has 0 heterocycles. The third-order valence-corrected chi connectivity index (χ3v) is 8.35. The molecule has 278 valence electrons. The lowest BCUT2D eigenvalue weighted by Crippen LogP contribution is -2.29. The van der Waals surface area contributed by atoms with Crippen molar-refractivity contribution >= 4 is 19.8 Å². The SMILES string of the molecule is CC/C=C\C/C=C\C/C=C\C/C=C\CCCCCCC(=O)OC[C@H](COP(=O)(O)O)OC(=O)CCCCCCCCCCCCCCC. The van der Waals surface area contributed by atoms with E-state index >= 15 is 0 Å². The van der Waals surface area contributed by atoms with Crippen LogP contribution >= 0.6 is 7.82 Å². The molecule has 0 saturated carbocycles. The first kappa shape index (κ1) is 46.0. The van der Waals surface area contributed by atoms with E-state index in [0.717, 1.165) is 70.6 Å². The Kier molecular flexibility index (Phi) is 33.4. The van der Waals surface area contributed by atoms with Crippen LogP contribution in [-0.4, -0.2) is 41.0 Å². The maximum absolute atomic E-state index is 12.3. The summed E-state index contributed by atoms with van der Waals surface area (Å²) in [5.41, 5.74) is 0. The summed E-state index contributed by atoms with van der Waals surface area (Å²) in [7, 11) is -4.75. The molecule has 0 spiro atoms. The van der Waals surface area contributed by atoms with Gasteiger partial charge in [0, 0.05) is 12.8 Å². The second-order valence-corrected chi connectivity index (χ2v) is 13.8. The van der Waals surface area contributed by atoms with Crippen LogP contribution in [0.3, 0.4) is 0 Å². The summed E-state index contributed by atoms with van der Waals surface area (Å²) in [6, 6.07) is 0. The van der Waals surface area contributed by atoms with E-state index in [-0.39, 0.29) is 19.4 Å². The fraction of sp³-hybridized carbons (Fsp3) is 0.744. The summed E-state index contributed by atoms with van der Waals surface area (Å²) in [6.45, 7) is 3.54. The van der Waals surface area contributed by atoms with Crippen LogP contribution in [0, 0.1) is 0 Å². The number of hydrogen-bond donors (Lipinski definition) is 2. The Balaban J connectivity index is 4.01. The molecule has 0 saturated heterocycles. The third kappa shape index (κ3) is 36.8. The zero-order chi connectivity index (χ0) is 35.4. The molecule has 0 rings (SSSR count). The molecule has 2 N–H and O–H groups in total. The summed E-state index contributed by atoms with van der Waals surface area (Å²) >= 11 is 0. The normalized spacial score (nSPS) is 13.0. The zero-order valence-corrected chi connectivity index (χ0v) is 31.3. The molecule has 0 aromatic heterocycles. The number of unbranched alkanes of at least 4 members (excludes halogenated alkanes) is 16. The molecule has 0 fully saturated rings. The number of carbonyl (C=O) groups is 2. The van der Waals surface area contributed by atoms with Gasteiger partial charge < -0.3 is 19.3 Å². The standard InChI is InChI=1S/C39H69O8P/c1-3-5-7-9-11-13-15-17-18-19-20-22-23-25-27-29-31-33-38(40)45-35-37(36-46-48(42,43)44)47-39(41)34-32-30-28-26-24-21-16-14-12-10-8-6-4-2/h5,7,11,13,17-18,20,22,37H,3-4,6,8-10,12,14-16,19,21,23-36H2,1-2H3,(H2,42,43,44)/b7-5-,13-11-,18-17-,22-20-/t37-/m1/s1. The molecule has 0 aliphatic heterocycles. The maximum Gasteiger partial charge on any atom is 0.469 e. The van der Waals surface area contributed by atoms with Crippen molar-refractivity contribution in [2.75, 3.05) is 13.2 Å². The highest BCUT2D eigenvalue weighted by atomic mass is 31.2. The molecule has 8 nitrogen and oxygen atoms in total. The topological polar surface area (TPSA) is 119 Å². The summed E-state index contributed by atoms with van der Waals surface area (Å²) < 4.78 is 26.3. The Hall–Kier alpha value is -1.99. The molecule has 0 bridgehead atoms. The highest BCUT2D eigenvalue weighted by Gasteiger charge is 2.22. The average Bonchev–Trinajstić information content (AvgIpc) is 3.05. The smallest absolute Gasteiger partial charge is 0.462 e. The third-order valence-electron chi connectivity index (χ3n) is 7.86. The van der Waals surface area contributed by atoms with Crippen molar-refractivity contribution in [1.82, 2.24) is 0 Å². The Labute approximate surface area is 293 Å². The molecule has 1 atom stereocenters. The van der Waals surface area contributed by atoms with Gasteiger partial charge >= 0.3 is 19.8 Å². The molecule has 0 amide bonds. The van der Waals surface area contributed by atoms with E-state index in [1.807, 2.05) is 0 Å². The van der Waals surface area contributed by atoms with Crippen LogP contribution in [0.15, 0.2) is 48.6 Å². The fourth-order valence-corrected chi connectivity index (χ4v) is 5.43. The number of esters is 2. The van der Waals surface area contributed by atoms with Crippen molar-refractivity contribution in [3.8, 4) is 0 Å². The Bertz CT molecular complexity index is 921. The van der Waals surface area contributed by atoms with Gasteiger partial charge in [0.25, 0.3) is 0 Å². The lowest BCUT2D eigenvalue weighted by Gasteiger charge is -2.18. The van der Waals surface area contributed by atoms with Crippen LogP contribution in [0.2, 0.25) is 0 Å². The molecule has 0 aromatic rings. The minimum absolute atomic E-state index is 0.207. The highest BCUT2D eigenvalue weighted by Crippen LogP contribution is 2.36. The fourth-order valence-electron chi connectivity index (χ4n) is 5.07. The molecule has 0 aliphatic rings. The van der Waals surface area contributed by atoms with E-state index in [0.29, 0.717) is 12.8 Å². The summed E-state index contributed by atoms with van der Waals surface area (Å²) in [6.07, 6.45) is 41.1. The molecular formula is C39H69O8P. The summed E-state index contributed by atoms with van der Waals surface area (Å²) in [5, 5.41) is 0. The Morgan fingerprint density at radius 2 is 1.00 bits per heavy atom. The Morgan fingerprint density at radius 3 is 1.50 bits per heavy atom. The van der Waals surface area contributed by atoms with Crippen molar-refractivity contribution in [2.24, 2.45) is 0 Å². The minimum Gasteiger partial charge on any atom is -0.462 e. The van der Waals surface area contributed by atoms with Crippen molar-refractivity contribution in [3.05, 3.63) is 48.6 Å². The number of allylic oxidation sites excluding steroid dienone is 8. The minimum atomic E-state index is -4.75. The van der Waals surface area contributed by atoms with E-state index in [1.165, 1.54) is 57.8 Å². The first-order valence-electron chi connectivity index (χ1n) is 18.9. The van der Waals surface area contributed by atoms with Crippen LogP contribution in [0.5, 0.6) is 0 Å². The van der Waals surface area contributed by atoms with Crippen molar-refractivity contribution < 1.29 is 37.9 Å². The molecule has 0 radical (unpaired) electrons. The maximum atomic E-state index is 12.3. The predicted octanol–water partition coefficient (Wildman–Crippen LogP) is 11.2. The molecule has 0 aliphatic carbocycles. The molecular weight excluding hydrogens is 627 g/mol. The van der Waals surface area contributed by atoms with Gasteiger partial charge in [-0.1, -0.05) is 152 Å². The van der Waals surface area contributed by atoms with Crippen LogP contribution in [0.25, 0.3) is 0 Å². The first-order chi connectivity index (χ1) is 23.3. The van der Waals surface area contributed by atoms with Crippen LogP contribution in [0.4, 0.5) is 0 Å². The van der Waals surface area contributed by atoms with Gasteiger partial charge in [-0.15, -0.1) is 0 Å². The van der Waals surface area contributed by atoms with E-state index in [4.69, 9.17) is 19.3 Å². The molecule has 0 unspecified atom stereocenters. The number of phosphoric ester groups is 1. The zero-order valence-electron chi connectivity index (χ0n) is 30.4. The van der Waals surface area contributed by atoms with Crippen molar-refractivity contribution in [1.29, 1.82) is 0 Å². The molecule has 0 aromatic carbocycles. The second kappa shape index (κ2) is 34.9. The highest BCUT2D eigenvalue weighted by molar-refractivity contribution is 7.46. The molecule has 48 heavy (non-hydrogen) atoms. The largest absolute Gasteiger partial charge is 0.469 e. The quantitative estimate of drug-likeness (QED) is 0.0295. The van der Waals surface area contributed by atoms with Gasteiger partial charge in [-0.2, -0.15) is 0 Å². The van der Waals surface area contributed by atoms with Crippen molar-refractivity contribution in [2.45, 2.75) is 174 Å². The van der Waals surface area contributed by atoms with E-state index in [1.54, 1.807) is 0 Å². The lowest BCUT2D eigenvalue weighted by atomic mass is 10.0. The number of ether oxygens (including phenoxy) is 2. The number of carbonyl (C=O) groups excluding carboxylic acids is 2. The van der Waals surface area contributed by atoms with Gasteiger partial charge in [-0.3, -0.25) is 14.1 Å². The number of phosphoric acid groups is 1. The number of hydrogen-bond acceptors (Lipinski definition) is 6. The van der Waals surface area contributed by atoms with Crippen LogP contribution in [-0.2, 0) is 28.2 Å². The Morgan fingerprint density at radius 1 is 0.562 bits per heavy atom. The van der Waals surface area contributed by atoms with Crippen LogP contribution < -0.4 is 0 Å². The lowest BCUT2D eigenvalue weighted by molar-refractivity contribution is -0.161. The second-order valence-electron chi connectivity index (χ2n) is 12.5. The monoisotopic (exact) mass is 696 g/mol. The van der Waals surface area contributed by atoms with Crippen molar-refractivity contribution in [3.63, 3.8) is 0 Å². The molecule has 9 heteroatoms. The van der Waals surface area contributed by atoms with E-state index in [2.05, 4.69) is 67.0 Å². The van der Waals surface area contributed by atoms with Gasteiger partial charge in [0.2, 0.25) is 0 Å². The van der Waals surface area contributed by atoms with Crippen LogP contribution in [0.1, 0.15) is 168 Å². The van der Waals surface area contributed by atoms with Gasteiger partial charge in [0.05, 0.1) is 6.61 Å². The first-order valence-corrected chi connectivity index (χ1v) is 20.5. The van der Waals surface area contributed by atoms with Gasteiger partial charge in [0.15, 0.2) is 6.10 Å².